The van der Waals surface area contributed by atoms with E-state index in [1.54, 1.807) is 0 Å². The van der Waals surface area contributed by atoms with E-state index in [-0.39, 0.29) is 23.4 Å². The van der Waals surface area contributed by atoms with Crippen LogP contribution in [0.1, 0.15) is 22.9 Å². The fraction of sp³-hybridized carbons (Fsp3) is 0.368. The van der Waals surface area contributed by atoms with Gasteiger partial charge in [0.2, 0.25) is 5.95 Å². The standard InChI is InChI=1S/C19H19N3O2/c1-11-8-12(2)21-19(20-11)22-9-14-15(10-22)18(24)16(17(14)23)13-6-4-3-5-7-13/h3-8,14-16H,9-10H2,1-2H3/t14-,15+,16?. The first-order valence-corrected chi connectivity index (χ1v) is 8.24. The second-order valence-electron chi connectivity index (χ2n) is 6.72. The fourth-order valence-corrected chi connectivity index (χ4v) is 3.93. The number of hydrogen-bond donors (Lipinski definition) is 0. The zero-order valence-corrected chi connectivity index (χ0v) is 13.8. The van der Waals surface area contributed by atoms with Gasteiger partial charge < -0.3 is 4.90 Å². The van der Waals surface area contributed by atoms with Crippen LogP contribution in [0.15, 0.2) is 36.4 Å². The average molecular weight is 321 g/mol. The summed E-state index contributed by atoms with van der Waals surface area (Å²) in [5, 5.41) is 0. The number of Topliss-reactive ketones (excluding diaryl/α,β-unsaturated/α-hetero) is 2. The zero-order valence-electron chi connectivity index (χ0n) is 13.8. The van der Waals surface area contributed by atoms with Gasteiger partial charge in [0.1, 0.15) is 5.92 Å². The largest absolute Gasteiger partial charge is 0.339 e. The van der Waals surface area contributed by atoms with Gasteiger partial charge >= 0.3 is 0 Å². The van der Waals surface area contributed by atoms with Gasteiger partial charge in [-0.05, 0) is 25.5 Å². The van der Waals surface area contributed by atoms with Crippen molar-refractivity contribution < 1.29 is 9.59 Å². The molecule has 1 aromatic carbocycles. The topological polar surface area (TPSA) is 63.2 Å². The van der Waals surface area contributed by atoms with E-state index < -0.39 is 5.92 Å². The van der Waals surface area contributed by atoms with E-state index in [1.807, 2.05) is 55.1 Å². The molecule has 0 amide bonds. The van der Waals surface area contributed by atoms with Crippen LogP contribution in [-0.4, -0.2) is 34.6 Å². The number of nitrogens with zero attached hydrogens (tertiary/aromatic N) is 3. The van der Waals surface area contributed by atoms with Crippen LogP contribution in [0.4, 0.5) is 5.95 Å². The summed E-state index contributed by atoms with van der Waals surface area (Å²) in [5.74, 6) is -0.368. The lowest BCUT2D eigenvalue weighted by molar-refractivity contribution is -0.125. The smallest absolute Gasteiger partial charge is 0.225 e. The molecule has 2 aromatic rings. The molecule has 122 valence electrons. The Balaban J connectivity index is 1.60. The predicted molar refractivity (Wildman–Crippen MR) is 89.9 cm³/mol. The SMILES string of the molecule is Cc1cc(C)nc(N2C[C@@H]3C(=O)C(c4ccccc4)C(=O)[C@@H]3C2)n1. The number of rotatable bonds is 2. The predicted octanol–water partition coefficient (Wildman–Crippen LogP) is 2.08. The highest BCUT2D eigenvalue weighted by Crippen LogP contribution is 2.41. The Morgan fingerprint density at radius 2 is 1.46 bits per heavy atom. The lowest BCUT2D eigenvalue weighted by Crippen LogP contribution is -2.28. The minimum absolute atomic E-state index is 0.0445. The highest BCUT2D eigenvalue weighted by Gasteiger charge is 2.54. The summed E-state index contributed by atoms with van der Waals surface area (Å²) in [7, 11) is 0. The Morgan fingerprint density at radius 3 is 2.00 bits per heavy atom. The molecule has 3 atom stereocenters. The lowest BCUT2D eigenvalue weighted by atomic mass is 9.94. The van der Waals surface area contributed by atoms with Gasteiger partial charge in [-0.25, -0.2) is 9.97 Å². The molecular weight excluding hydrogens is 302 g/mol. The molecule has 4 rings (SSSR count). The monoisotopic (exact) mass is 321 g/mol. The lowest BCUT2D eigenvalue weighted by Gasteiger charge is -2.19. The first kappa shape index (κ1) is 15.0. The third-order valence-electron chi connectivity index (χ3n) is 5.01. The van der Waals surface area contributed by atoms with E-state index in [9.17, 15) is 9.59 Å². The summed E-state index contributed by atoms with van der Waals surface area (Å²) < 4.78 is 0. The molecule has 0 radical (unpaired) electrons. The van der Waals surface area contributed by atoms with Crippen molar-refractivity contribution in [3.8, 4) is 0 Å². The molecule has 1 aromatic heterocycles. The quantitative estimate of drug-likeness (QED) is 0.793. The Hall–Kier alpha value is -2.56. The van der Waals surface area contributed by atoms with Gasteiger partial charge in [0.25, 0.3) is 0 Å². The second-order valence-corrected chi connectivity index (χ2v) is 6.72. The number of anilines is 1. The number of aromatic nitrogens is 2. The van der Waals surface area contributed by atoms with Gasteiger partial charge in [-0.2, -0.15) is 0 Å². The first-order chi connectivity index (χ1) is 11.5. The molecule has 24 heavy (non-hydrogen) atoms. The highest BCUT2D eigenvalue weighted by molar-refractivity contribution is 6.16. The summed E-state index contributed by atoms with van der Waals surface area (Å²) in [5.41, 5.74) is 2.61. The van der Waals surface area contributed by atoms with Crippen LogP contribution < -0.4 is 4.90 Å². The first-order valence-electron chi connectivity index (χ1n) is 8.24. The summed E-state index contributed by atoms with van der Waals surface area (Å²) in [6.45, 7) is 4.91. The summed E-state index contributed by atoms with van der Waals surface area (Å²) >= 11 is 0. The highest BCUT2D eigenvalue weighted by atomic mass is 16.2. The number of aryl methyl sites for hydroxylation is 2. The van der Waals surface area contributed by atoms with E-state index in [2.05, 4.69) is 9.97 Å². The Morgan fingerprint density at radius 1 is 0.917 bits per heavy atom. The molecule has 0 bridgehead atoms. The van der Waals surface area contributed by atoms with E-state index in [0.717, 1.165) is 17.0 Å². The molecule has 2 fully saturated rings. The molecule has 5 nitrogen and oxygen atoms in total. The van der Waals surface area contributed by atoms with Crippen LogP contribution in [-0.2, 0) is 9.59 Å². The van der Waals surface area contributed by atoms with E-state index >= 15 is 0 Å². The molecule has 1 unspecified atom stereocenters. The van der Waals surface area contributed by atoms with Gasteiger partial charge in [-0.15, -0.1) is 0 Å². The van der Waals surface area contributed by atoms with Crippen molar-refractivity contribution in [3.05, 3.63) is 53.3 Å². The third-order valence-corrected chi connectivity index (χ3v) is 5.01. The Labute approximate surface area is 140 Å². The van der Waals surface area contributed by atoms with Crippen molar-refractivity contribution in [3.63, 3.8) is 0 Å². The van der Waals surface area contributed by atoms with E-state index in [0.29, 0.717) is 19.0 Å². The Kier molecular flexibility index (Phi) is 3.44. The number of benzene rings is 1. The molecule has 2 aliphatic rings. The average Bonchev–Trinajstić information content (AvgIpc) is 3.08. The van der Waals surface area contributed by atoms with Crippen LogP contribution in [0, 0.1) is 25.7 Å². The maximum absolute atomic E-state index is 12.8. The number of fused-ring (bicyclic) bond motifs is 1. The molecule has 0 N–H and O–H groups in total. The molecule has 1 aliphatic heterocycles. The molecular formula is C19H19N3O2. The van der Waals surface area contributed by atoms with Crippen molar-refractivity contribution >= 4 is 17.5 Å². The van der Waals surface area contributed by atoms with Crippen LogP contribution in [0.25, 0.3) is 0 Å². The maximum Gasteiger partial charge on any atom is 0.225 e. The summed E-state index contributed by atoms with van der Waals surface area (Å²) in [6, 6.07) is 11.3. The minimum atomic E-state index is -0.594. The van der Waals surface area contributed by atoms with Crippen molar-refractivity contribution in [2.45, 2.75) is 19.8 Å². The van der Waals surface area contributed by atoms with Crippen LogP contribution in [0.5, 0.6) is 0 Å². The summed E-state index contributed by atoms with van der Waals surface area (Å²) in [4.78, 5) is 36.5. The van der Waals surface area contributed by atoms with Gasteiger partial charge in [-0.1, -0.05) is 30.3 Å². The number of ketones is 2. The van der Waals surface area contributed by atoms with Crippen LogP contribution in [0.3, 0.4) is 0 Å². The normalized spacial score (nSPS) is 26.1. The second kappa shape index (κ2) is 5.51. The molecule has 1 saturated carbocycles. The maximum atomic E-state index is 12.8. The molecule has 5 heteroatoms. The van der Waals surface area contributed by atoms with Crippen molar-refractivity contribution in [1.29, 1.82) is 0 Å². The van der Waals surface area contributed by atoms with Gasteiger partial charge in [0, 0.05) is 36.3 Å². The van der Waals surface area contributed by atoms with Gasteiger partial charge in [0.15, 0.2) is 11.6 Å². The van der Waals surface area contributed by atoms with Crippen LogP contribution >= 0.6 is 0 Å². The van der Waals surface area contributed by atoms with Gasteiger partial charge in [-0.3, -0.25) is 9.59 Å². The Bertz CT molecular complexity index is 774. The molecule has 1 aliphatic carbocycles. The summed E-state index contributed by atoms with van der Waals surface area (Å²) in [6.07, 6.45) is 0. The van der Waals surface area contributed by atoms with Crippen LogP contribution in [0.2, 0.25) is 0 Å². The minimum Gasteiger partial charge on any atom is -0.339 e. The van der Waals surface area contributed by atoms with Crippen molar-refractivity contribution in [2.24, 2.45) is 11.8 Å². The number of carbonyl (C=O) groups excluding carboxylic acids is 2. The van der Waals surface area contributed by atoms with E-state index in [4.69, 9.17) is 0 Å². The zero-order chi connectivity index (χ0) is 16.8. The molecule has 2 heterocycles. The number of hydrogen-bond acceptors (Lipinski definition) is 5. The van der Waals surface area contributed by atoms with Gasteiger partial charge in [0.05, 0.1) is 0 Å². The van der Waals surface area contributed by atoms with E-state index in [1.165, 1.54) is 0 Å². The third kappa shape index (κ3) is 2.31. The van der Waals surface area contributed by atoms with Crippen molar-refractivity contribution in [2.75, 3.05) is 18.0 Å². The number of carbonyl (C=O) groups is 2. The molecule has 0 spiro atoms. The van der Waals surface area contributed by atoms with Crippen molar-refractivity contribution in [1.82, 2.24) is 9.97 Å². The fourth-order valence-electron chi connectivity index (χ4n) is 3.93. The molecule has 1 saturated heterocycles.